The third kappa shape index (κ3) is 3.40. The number of likely N-dealkylation sites (N-methyl/N-ethyl adjacent to an activating group) is 1. The van der Waals surface area contributed by atoms with E-state index in [2.05, 4.69) is 6.07 Å². The second-order valence-corrected chi connectivity index (χ2v) is 11.8. The fourth-order valence-corrected chi connectivity index (χ4v) is 7.62. The number of methoxy groups -OCH3 is 1. The third-order valence-corrected chi connectivity index (χ3v) is 9.71. The van der Waals surface area contributed by atoms with Gasteiger partial charge in [-0.05, 0) is 56.7 Å². The van der Waals surface area contributed by atoms with Crippen molar-refractivity contribution in [3.8, 4) is 34.8 Å². The summed E-state index contributed by atoms with van der Waals surface area (Å²) < 4.78 is 5.54. The van der Waals surface area contributed by atoms with Crippen LogP contribution in [0.3, 0.4) is 0 Å². The van der Waals surface area contributed by atoms with Gasteiger partial charge in [-0.25, -0.2) is 0 Å². The number of carbonyl (C=O) groups is 2. The number of nitrogens with zero attached hydrogens (tertiary/aromatic N) is 4. The molecule has 3 aromatic rings. The first-order chi connectivity index (χ1) is 21.0. The number of amides is 2. The number of piperazine rings is 1. The number of imide groups is 1. The highest BCUT2D eigenvalue weighted by Gasteiger charge is 2.54. The van der Waals surface area contributed by atoms with Crippen LogP contribution in [0.2, 0.25) is 0 Å². The Labute approximate surface area is 253 Å². The summed E-state index contributed by atoms with van der Waals surface area (Å²) in [6.45, 7) is 3.03. The Bertz CT molecular complexity index is 1860. The van der Waals surface area contributed by atoms with E-state index < -0.39 is 41.4 Å². The molecule has 3 aromatic carbocycles. The van der Waals surface area contributed by atoms with Gasteiger partial charge in [0.2, 0.25) is 0 Å². The molecule has 4 atom stereocenters. The van der Waals surface area contributed by atoms with E-state index in [-0.39, 0.29) is 51.9 Å². The number of aryl methyl sites for hydroxylation is 1. The molecule has 2 bridgehead atoms. The molecule has 1 saturated heterocycles. The van der Waals surface area contributed by atoms with Crippen LogP contribution >= 0.6 is 0 Å². The Morgan fingerprint density at radius 3 is 2.25 bits per heavy atom. The minimum absolute atomic E-state index is 0.0364. The average molecular weight is 595 g/mol. The molecule has 44 heavy (non-hydrogen) atoms. The topological polar surface area (TPSA) is 158 Å². The monoisotopic (exact) mass is 594 g/mol. The predicted molar refractivity (Wildman–Crippen MR) is 157 cm³/mol. The molecule has 4 aliphatic rings. The van der Waals surface area contributed by atoms with Crippen LogP contribution in [0, 0.1) is 25.2 Å². The second kappa shape index (κ2) is 9.39. The van der Waals surface area contributed by atoms with Crippen LogP contribution in [-0.2, 0) is 6.42 Å². The van der Waals surface area contributed by atoms with Gasteiger partial charge in [0.25, 0.3) is 11.8 Å². The lowest BCUT2D eigenvalue weighted by Crippen LogP contribution is -2.62. The van der Waals surface area contributed by atoms with Crippen molar-refractivity contribution in [1.82, 2.24) is 14.7 Å². The summed E-state index contributed by atoms with van der Waals surface area (Å²) in [7, 11) is 3.34. The molecule has 0 aliphatic carbocycles. The minimum atomic E-state index is -1.02. The molecule has 4 heterocycles. The van der Waals surface area contributed by atoms with Crippen LogP contribution in [-0.4, -0.2) is 79.7 Å². The van der Waals surface area contributed by atoms with Gasteiger partial charge in [-0.15, -0.1) is 0 Å². The Morgan fingerprint density at radius 2 is 1.64 bits per heavy atom. The Morgan fingerprint density at radius 1 is 0.977 bits per heavy atom. The molecule has 0 aromatic heterocycles. The summed E-state index contributed by atoms with van der Waals surface area (Å²) in [6, 6.07) is 7.99. The van der Waals surface area contributed by atoms with Crippen molar-refractivity contribution in [2.24, 2.45) is 0 Å². The number of benzene rings is 3. The van der Waals surface area contributed by atoms with Crippen molar-refractivity contribution >= 4 is 17.9 Å². The summed E-state index contributed by atoms with van der Waals surface area (Å²) in [6.07, 6.45) is 2.06. The minimum Gasteiger partial charge on any atom is -0.507 e. The molecule has 0 radical (unpaired) electrons. The highest BCUT2D eigenvalue weighted by atomic mass is 16.5. The van der Waals surface area contributed by atoms with Crippen LogP contribution < -0.4 is 4.74 Å². The van der Waals surface area contributed by atoms with Gasteiger partial charge in [0, 0.05) is 34.0 Å². The van der Waals surface area contributed by atoms with Gasteiger partial charge in [0.05, 0.1) is 42.9 Å². The first-order valence-electron chi connectivity index (χ1n) is 14.2. The second-order valence-electron chi connectivity index (χ2n) is 11.8. The quantitative estimate of drug-likeness (QED) is 0.201. The summed E-state index contributed by atoms with van der Waals surface area (Å²) in [5, 5.41) is 55.7. The smallest absolute Gasteiger partial charge is 0.261 e. The maximum absolute atomic E-state index is 13.5. The molecule has 7 rings (SSSR count). The van der Waals surface area contributed by atoms with E-state index in [9.17, 15) is 35.3 Å². The molecular weight excluding hydrogens is 564 g/mol. The highest BCUT2D eigenvalue weighted by molar-refractivity contribution is 6.21. The number of carbonyl (C=O) groups excluding carboxylic acids is 2. The maximum atomic E-state index is 13.5. The van der Waals surface area contributed by atoms with E-state index in [0.717, 1.165) is 16.0 Å². The predicted octanol–water partition coefficient (Wildman–Crippen LogP) is 3.63. The number of ether oxygens (including phenoxy) is 1. The van der Waals surface area contributed by atoms with E-state index in [1.54, 1.807) is 35.2 Å². The van der Waals surface area contributed by atoms with Crippen LogP contribution in [0.15, 0.2) is 36.0 Å². The molecule has 1 fully saturated rings. The van der Waals surface area contributed by atoms with Gasteiger partial charge in [0.1, 0.15) is 11.8 Å². The number of hydrogen-bond donors (Lipinski definition) is 4. The number of phenolic OH excluding ortho intramolecular Hbond substituents is 4. The molecule has 4 N–H and O–H groups in total. The Balaban J connectivity index is 1.48. The van der Waals surface area contributed by atoms with E-state index in [0.29, 0.717) is 23.4 Å². The molecular formula is C33H30N4O7. The van der Waals surface area contributed by atoms with Crippen LogP contribution in [0.4, 0.5) is 0 Å². The normalized spacial score (nSPS) is 23.4. The van der Waals surface area contributed by atoms with Crippen molar-refractivity contribution in [2.75, 3.05) is 20.7 Å². The molecule has 11 nitrogen and oxygen atoms in total. The van der Waals surface area contributed by atoms with Gasteiger partial charge in [0.15, 0.2) is 23.0 Å². The zero-order valence-electron chi connectivity index (χ0n) is 24.5. The zero-order chi connectivity index (χ0) is 31.4. The molecule has 0 spiro atoms. The summed E-state index contributed by atoms with van der Waals surface area (Å²) in [4.78, 5) is 31.9. The Kier molecular flexibility index (Phi) is 5.90. The molecule has 2 amide bonds. The Hall–Kier alpha value is -5.21. The number of aromatic hydroxyl groups is 4. The van der Waals surface area contributed by atoms with Gasteiger partial charge in [-0.1, -0.05) is 18.2 Å². The fourth-order valence-electron chi connectivity index (χ4n) is 7.62. The zero-order valence-corrected chi connectivity index (χ0v) is 24.5. The van der Waals surface area contributed by atoms with E-state index >= 15 is 0 Å². The number of fused-ring (bicyclic) bond motifs is 8. The first kappa shape index (κ1) is 27.6. The maximum Gasteiger partial charge on any atom is 0.261 e. The molecule has 224 valence electrons. The van der Waals surface area contributed by atoms with Crippen molar-refractivity contribution in [1.29, 1.82) is 5.26 Å². The highest BCUT2D eigenvalue weighted by Crippen LogP contribution is 2.58. The fraction of sp³-hybridized carbons (Fsp3) is 0.303. The molecule has 0 saturated carbocycles. The summed E-state index contributed by atoms with van der Waals surface area (Å²) in [5.41, 5.74) is 3.54. The lowest BCUT2D eigenvalue weighted by Gasteiger charge is -2.57. The van der Waals surface area contributed by atoms with E-state index in [1.165, 1.54) is 14.0 Å². The lowest BCUT2D eigenvalue weighted by atomic mass is 9.75. The van der Waals surface area contributed by atoms with Gasteiger partial charge < -0.3 is 30.1 Å². The van der Waals surface area contributed by atoms with Crippen LogP contribution in [0.25, 0.3) is 6.08 Å². The molecule has 0 unspecified atom stereocenters. The van der Waals surface area contributed by atoms with Crippen molar-refractivity contribution in [3.63, 3.8) is 0 Å². The number of hydrogen-bond acceptors (Lipinski definition) is 10. The number of phenols is 4. The van der Waals surface area contributed by atoms with E-state index in [1.807, 2.05) is 24.9 Å². The average Bonchev–Trinajstić information content (AvgIpc) is 3.24. The lowest BCUT2D eigenvalue weighted by molar-refractivity contribution is 0.0111. The number of rotatable bonds is 3. The summed E-state index contributed by atoms with van der Waals surface area (Å²) in [5.74, 6) is -2.07. The third-order valence-electron chi connectivity index (χ3n) is 9.71. The van der Waals surface area contributed by atoms with Gasteiger partial charge in [-0.2, -0.15) is 5.26 Å². The number of nitriles is 1. The van der Waals surface area contributed by atoms with Crippen LogP contribution in [0.5, 0.6) is 28.7 Å². The SMILES string of the molecule is COc1c(C)cc2c(c1O)[C@@H]1C3=Cc4c(O)c(C)c(O)c(O)c4[C@H](CN4C(=O)c5ccccc5C4=O)N3[C@@H](C#N)[C@H](C2)N1C. The standard InChI is InChI=1S/C33H30N4O7/c1-14-9-16-10-20-22(12-34)37-21(26(35(20)3)24(16)30(41)31(14)44-4)11-19-25(29(40)28(39)15(2)27(19)38)23(37)13-36-32(42)17-7-5-6-8-18(17)33(36)43/h5-9,11,20,22-23,26,38-41H,10,13H2,1-4H3/t20-,22-,23-,26-/m0/s1. The first-order valence-corrected chi connectivity index (χ1v) is 14.2. The molecule has 11 heteroatoms. The molecule has 4 aliphatic heterocycles. The van der Waals surface area contributed by atoms with E-state index in [4.69, 9.17) is 4.74 Å². The largest absolute Gasteiger partial charge is 0.507 e. The van der Waals surface area contributed by atoms with Crippen molar-refractivity contribution < 1.29 is 34.8 Å². The van der Waals surface area contributed by atoms with Crippen molar-refractivity contribution in [2.45, 2.75) is 44.4 Å². The van der Waals surface area contributed by atoms with Gasteiger partial charge in [-0.3, -0.25) is 19.4 Å². The summed E-state index contributed by atoms with van der Waals surface area (Å²) >= 11 is 0. The van der Waals surface area contributed by atoms with Crippen LogP contribution in [0.1, 0.15) is 66.2 Å². The van der Waals surface area contributed by atoms with Crippen molar-refractivity contribution in [3.05, 3.63) is 80.5 Å². The van der Waals surface area contributed by atoms with Gasteiger partial charge >= 0.3 is 0 Å².